The Morgan fingerprint density at radius 3 is 2.55 bits per heavy atom. The van der Waals surface area contributed by atoms with Crippen molar-refractivity contribution in [1.29, 1.82) is 0 Å². The van der Waals surface area contributed by atoms with E-state index in [2.05, 4.69) is 40.1 Å². The quantitative estimate of drug-likeness (QED) is 0.675. The molecule has 0 bridgehead atoms. The SMILES string of the molecule is COc1ccc(CN2CCN(CCc3ccccc3)[C@H](CCO)C2)c(Cl)c1OC. The van der Waals surface area contributed by atoms with Gasteiger partial charge in [0.2, 0.25) is 0 Å². The Morgan fingerprint density at radius 1 is 1.07 bits per heavy atom. The van der Waals surface area contributed by atoms with Gasteiger partial charge in [0.25, 0.3) is 0 Å². The first-order chi connectivity index (χ1) is 14.2. The number of aliphatic hydroxyl groups is 1. The van der Waals surface area contributed by atoms with Crippen LogP contribution in [0.25, 0.3) is 0 Å². The molecule has 29 heavy (non-hydrogen) atoms. The standard InChI is InChI=1S/C23H31ClN2O3/c1-28-21-9-8-19(22(24)23(21)29-2)16-25-13-14-26(20(17-25)11-15-27)12-10-18-6-4-3-5-7-18/h3-9,20,27H,10-17H2,1-2H3/t20-/m1/s1. The second-order valence-corrected chi connectivity index (χ2v) is 7.82. The third kappa shape index (κ3) is 5.64. The van der Waals surface area contributed by atoms with Crippen LogP contribution in [0.5, 0.6) is 11.5 Å². The fraction of sp³-hybridized carbons (Fsp3) is 0.478. The van der Waals surface area contributed by atoms with Crippen molar-refractivity contribution in [2.75, 3.05) is 47.0 Å². The molecule has 2 aromatic rings. The highest BCUT2D eigenvalue weighted by Gasteiger charge is 2.27. The van der Waals surface area contributed by atoms with Gasteiger partial charge in [0.05, 0.1) is 19.2 Å². The first kappa shape index (κ1) is 21.9. The van der Waals surface area contributed by atoms with Gasteiger partial charge in [0, 0.05) is 45.4 Å². The van der Waals surface area contributed by atoms with Crippen molar-refractivity contribution < 1.29 is 14.6 Å². The van der Waals surface area contributed by atoms with E-state index < -0.39 is 0 Å². The molecule has 0 amide bonds. The first-order valence-electron chi connectivity index (χ1n) is 10.2. The molecule has 158 valence electrons. The van der Waals surface area contributed by atoms with Gasteiger partial charge in [0.1, 0.15) is 0 Å². The number of benzene rings is 2. The van der Waals surface area contributed by atoms with E-state index in [9.17, 15) is 5.11 Å². The summed E-state index contributed by atoms with van der Waals surface area (Å²) in [6.07, 6.45) is 1.81. The predicted octanol–water partition coefficient (Wildman–Crippen LogP) is 3.47. The van der Waals surface area contributed by atoms with Crippen molar-refractivity contribution in [3.63, 3.8) is 0 Å². The van der Waals surface area contributed by atoms with Crippen LogP contribution in [0.4, 0.5) is 0 Å². The lowest BCUT2D eigenvalue weighted by Crippen LogP contribution is -2.53. The van der Waals surface area contributed by atoms with Crippen LogP contribution >= 0.6 is 11.6 Å². The third-order valence-electron chi connectivity index (χ3n) is 5.64. The van der Waals surface area contributed by atoms with Gasteiger partial charge in [-0.1, -0.05) is 48.0 Å². The molecule has 1 aliphatic heterocycles. The molecule has 0 unspecified atom stereocenters. The summed E-state index contributed by atoms with van der Waals surface area (Å²) in [5, 5.41) is 10.2. The average Bonchev–Trinajstić information content (AvgIpc) is 2.75. The van der Waals surface area contributed by atoms with Gasteiger partial charge in [0.15, 0.2) is 11.5 Å². The zero-order valence-electron chi connectivity index (χ0n) is 17.3. The third-order valence-corrected chi connectivity index (χ3v) is 6.05. The highest BCUT2D eigenvalue weighted by atomic mass is 35.5. The number of hydrogen-bond acceptors (Lipinski definition) is 5. The van der Waals surface area contributed by atoms with E-state index in [0.29, 0.717) is 22.6 Å². The van der Waals surface area contributed by atoms with Gasteiger partial charge in [-0.05, 0) is 30.0 Å². The van der Waals surface area contributed by atoms with Gasteiger partial charge in [-0.15, -0.1) is 0 Å². The maximum Gasteiger partial charge on any atom is 0.179 e. The Labute approximate surface area is 178 Å². The Morgan fingerprint density at radius 2 is 1.86 bits per heavy atom. The number of rotatable bonds is 9. The minimum absolute atomic E-state index is 0.206. The van der Waals surface area contributed by atoms with E-state index in [1.54, 1.807) is 14.2 Å². The fourth-order valence-electron chi connectivity index (χ4n) is 4.03. The van der Waals surface area contributed by atoms with Gasteiger partial charge >= 0.3 is 0 Å². The van der Waals surface area contributed by atoms with Crippen molar-refractivity contribution >= 4 is 11.6 Å². The highest BCUT2D eigenvalue weighted by molar-refractivity contribution is 6.33. The predicted molar refractivity (Wildman–Crippen MR) is 117 cm³/mol. The highest BCUT2D eigenvalue weighted by Crippen LogP contribution is 2.37. The average molecular weight is 419 g/mol. The Hall–Kier alpha value is -1.79. The zero-order chi connectivity index (χ0) is 20.6. The molecule has 0 aromatic heterocycles. The lowest BCUT2D eigenvalue weighted by molar-refractivity contribution is 0.0562. The molecular weight excluding hydrogens is 388 g/mol. The summed E-state index contributed by atoms with van der Waals surface area (Å²) in [5.41, 5.74) is 2.39. The number of nitrogens with zero attached hydrogens (tertiary/aromatic N) is 2. The van der Waals surface area contributed by atoms with E-state index in [4.69, 9.17) is 21.1 Å². The molecule has 5 nitrogen and oxygen atoms in total. The second kappa shape index (κ2) is 10.8. The van der Waals surface area contributed by atoms with Crippen LogP contribution in [0, 0.1) is 0 Å². The minimum Gasteiger partial charge on any atom is -0.493 e. The van der Waals surface area contributed by atoms with Crippen molar-refractivity contribution in [3.05, 3.63) is 58.6 Å². The molecule has 1 fully saturated rings. The minimum atomic E-state index is 0.206. The van der Waals surface area contributed by atoms with Crippen LogP contribution in [0.1, 0.15) is 17.5 Å². The molecule has 0 radical (unpaired) electrons. The van der Waals surface area contributed by atoms with Crippen molar-refractivity contribution in [2.24, 2.45) is 0 Å². The van der Waals surface area contributed by atoms with Crippen LogP contribution in [0.15, 0.2) is 42.5 Å². The van der Waals surface area contributed by atoms with E-state index in [-0.39, 0.29) is 6.61 Å². The summed E-state index contributed by atoms with van der Waals surface area (Å²) in [6.45, 7) is 4.86. The second-order valence-electron chi connectivity index (χ2n) is 7.45. The molecular formula is C23H31ClN2O3. The lowest BCUT2D eigenvalue weighted by Gasteiger charge is -2.41. The lowest BCUT2D eigenvalue weighted by atomic mass is 10.1. The summed E-state index contributed by atoms with van der Waals surface area (Å²) in [7, 11) is 3.22. The Balaban J connectivity index is 1.63. The number of halogens is 1. The van der Waals surface area contributed by atoms with Crippen LogP contribution in [0.2, 0.25) is 5.02 Å². The van der Waals surface area contributed by atoms with Gasteiger partial charge < -0.3 is 14.6 Å². The Kier molecular flexibility index (Phi) is 8.19. The fourth-order valence-corrected chi connectivity index (χ4v) is 4.32. The van der Waals surface area contributed by atoms with Crippen molar-refractivity contribution in [2.45, 2.75) is 25.4 Å². The van der Waals surface area contributed by atoms with Crippen LogP contribution in [0.3, 0.4) is 0 Å². The van der Waals surface area contributed by atoms with E-state index in [1.807, 2.05) is 12.1 Å². The monoisotopic (exact) mass is 418 g/mol. The number of piperazine rings is 1. The van der Waals surface area contributed by atoms with Crippen molar-refractivity contribution in [1.82, 2.24) is 9.80 Å². The summed E-state index contributed by atoms with van der Waals surface area (Å²) in [4.78, 5) is 4.92. The zero-order valence-corrected chi connectivity index (χ0v) is 18.1. The van der Waals surface area contributed by atoms with E-state index in [0.717, 1.165) is 51.1 Å². The molecule has 2 aromatic carbocycles. The summed E-state index contributed by atoms with van der Waals surface area (Å²) in [5.74, 6) is 1.23. The molecule has 0 spiro atoms. The topological polar surface area (TPSA) is 45.2 Å². The summed E-state index contributed by atoms with van der Waals surface area (Å²) >= 11 is 6.57. The van der Waals surface area contributed by atoms with E-state index in [1.165, 1.54) is 5.56 Å². The van der Waals surface area contributed by atoms with E-state index >= 15 is 0 Å². The van der Waals surface area contributed by atoms with Crippen LogP contribution in [-0.2, 0) is 13.0 Å². The van der Waals surface area contributed by atoms with Gasteiger partial charge in [-0.25, -0.2) is 0 Å². The maximum absolute atomic E-state index is 9.57. The molecule has 3 rings (SSSR count). The molecule has 1 saturated heterocycles. The number of hydrogen-bond donors (Lipinski definition) is 1. The summed E-state index contributed by atoms with van der Waals surface area (Å²) < 4.78 is 10.8. The van der Waals surface area contributed by atoms with Gasteiger partial charge in [-0.3, -0.25) is 9.80 Å². The van der Waals surface area contributed by atoms with Crippen LogP contribution in [-0.4, -0.2) is 68.0 Å². The number of ether oxygens (including phenoxy) is 2. The van der Waals surface area contributed by atoms with Crippen molar-refractivity contribution in [3.8, 4) is 11.5 Å². The molecule has 1 aliphatic rings. The molecule has 0 aliphatic carbocycles. The maximum atomic E-state index is 9.57. The molecule has 6 heteroatoms. The summed E-state index contributed by atoms with van der Waals surface area (Å²) in [6, 6.07) is 14.8. The largest absolute Gasteiger partial charge is 0.493 e. The van der Waals surface area contributed by atoms with Gasteiger partial charge in [-0.2, -0.15) is 0 Å². The number of aliphatic hydroxyl groups excluding tert-OH is 1. The van der Waals surface area contributed by atoms with Crippen LogP contribution < -0.4 is 9.47 Å². The smallest absolute Gasteiger partial charge is 0.179 e. The molecule has 0 saturated carbocycles. The molecule has 1 heterocycles. The molecule has 1 N–H and O–H groups in total. The molecule has 1 atom stereocenters. The first-order valence-corrected chi connectivity index (χ1v) is 10.5. The Bertz CT molecular complexity index is 772. The normalized spacial score (nSPS) is 18.0. The number of methoxy groups -OCH3 is 2.